The molecule has 0 saturated carbocycles. The molecule has 0 heterocycles. The molecule has 0 aromatic heterocycles. The van der Waals surface area contributed by atoms with Crippen LogP contribution in [0.1, 0.15) is 128 Å². The Bertz CT molecular complexity index is 2660. The van der Waals surface area contributed by atoms with Gasteiger partial charge in [-0.05, 0) is 0 Å². The van der Waals surface area contributed by atoms with E-state index < -0.39 is 21.3 Å². The van der Waals surface area contributed by atoms with Crippen molar-refractivity contribution in [2.24, 2.45) is 0 Å². The Morgan fingerprint density at radius 1 is 0.517 bits per heavy atom. The molecule has 0 unspecified atom stereocenters. The first-order valence-electron chi connectivity index (χ1n) is 21.0. The Kier molecular flexibility index (Phi) is 13.0. The predicted octanol–water partition coefficient (Wildman–Crippen LogP) is 9.50. The van der Waals surface area contributed by atoms with Gasteiger partial charge in [0.05, 0.1) is 0 Å². The first-order valence-corrected chi connectivity index (χ1v) is 25.6. The van der Waals surface area contributed by atoms with E-state index >= 15 is 0 Å². The minimum Gasteiger partial charge on any atom is -1.00 e. The molecule has 0 nitrogen and oxygen atoms in total. The number of hydrogen-bond donors (Lipinski definition) is 0. The van der Waals surface area contributed by atoms with Crippen LogP contribution in [0.5, 0.6) is 0 Å². The third-order valence-electron chi connectivity index (χ3n) is 12.4. The van der Waals surface area contributed by atoms with Gasteiger partial charge in [-0.1, -0.05) is 0 Å². The zero-order valence-corrected chi connectivity index (χ0v) is 42.7. The van der Waals surface area contributed by atoms with Gasteiger partial charge in [0.1, 0.15) is 0 Å². The van der Waals surface area contributed by atoms with Gasteiger partial charge in [-0.25, -0.2) is 0 Å². The smallest absolute Gasteiger partial charge is 1.00 e. The maximum atomic E-state index is 7.06. The van der Waals surface area contributed by atoms with E-state index in [0.717, 1.165) is 27.2 Å². The van der Waals surface area contributed by atoms with E-state index in [1.807, 2.05) is 12.1 Å². The maximum absolute atomic E-state index is 7.06. The van der Waals surface area contributed by atoms with E-state index in [-0.39, 0.29) is 46.5 Å². The average Bonchev–Trinajstić information content (AvgIpc) is 3.80. The molecule has 6 aromatic rings. The Morgan fingerprint density at radius 2 is 0.950 bits per heavy atom. The Balaban J connectivity index is 0.00000302. The molecule has 0 atom stereocenters. The normalized spacial score (nSPS) is 13.8. The topological polar surface area (TPSA) is 0 Å². The average molecular weight is 952 g/mol. The van der Waals surface area contributed by atoms with E-state index in [9.17, 15) is 0 Å². The number of fused-ring (bicyclic) bond motifs is 5. The Labute approximate surface area is 389 Å². The van der Waals surface area contributed by atoms with Crippen LogP contribution in [0.3, 0.4) is 0 Å². The van der Waals surface area contributed by atoms with Gasteiger partial charge in [-0.3, -0.25) is 0 Å². The summed E-state index contributed by atoms with van der Waals surface area (Å²) >= 11 is 10.9. The zero-order valence-electron chi connectivity index (χ0n) is 37.3. The molecule has 2 aliphatic carbocycles. The van der Waals surface area contributed by atoms with Crippen LogP contribution >= 0.6 is 23.2 Å². The van der Waals surface area contributed by atoms with Gasteiger partial charge in [0.2, 0.25) is 0 Å². The molecule has 8 rings (SSSR count). The fourth-order valence-corrected chi connectivity index (χ4v) is 19.8. The van der Waals surface area contributed by atoms with Gasteiger partial charge in [-0.15, -0.1) is 0 Å². The van der Waals surface area contributed by atoms with Crippen LogP contribution in [0.25, 0.3) is 32.7 Å². The van der Waals surface area contributed by atoms with E-state index in [4.69, 9.17) is 23.2 Å². The van der Waals surface area contributed by atoms with Crippen molar-refractivity contribution in [3.8, 4) is 11.1 Å². The molecule has 0 N–H and O–H groups in total. The molecule has 5 heteroatoms. The summed E-state index contributed by atoms with van der Waals surface area (Å²) in [4.78, 5) is 0. The van der Waals surface area contributed by atoms with Crippen molar-refractivity contribution in [2.75, 3.05) is 0 Å². The van der Waals surface area contributed by atoms with Crippen molar-refractivity contribution in [3.63, 3.8) is 0 Å². The van der Waals surface area contributed by atoms with Gasteiger partial charge in [0, 0.05) is 0 Å². The fraction of sp³-hybridized carbons (Fsp3) is 0.327. The van der Waals surface area contributed by atoms with E-state index in [1.165, 1.54) is 58.5 Å². The molecule has 60 heavy (non-hydrogen) atoms. The van der Waals surface area contributed by atoms with Gasteiger partial charge in [0.25, 0.3) is 0 Å². The van der Waals surface area contributed by atoms with E-state index in [2.05, 4.69) is 186 Å². The van der Waals surface area contributed by atoms with Gasteiger partial charge < -0.3 is 24.8 Å². The summed E-state index contributed by atoms with van der Waals surface area (Å²) in [5, 5.41) is 6.19. The van der Waals surface area contributed by atoms with E-state index in [1.54, 1.807) is 14.4 Å². The molecule has 0 radical (unpaired) electrons. The second kappa shape index (κ2) is 16.7. The van der Waals surface area contributed by atoms with Crippen molar-refractivity contribution in [1.82, 2.24) is 0 Å². The summed E-state index contributed by atoms with van der Waals surface area (Å²) in [5.74, 6) is 0. The molecule has 0 spiro atoms. The first-order chi connectivity index (χ1) is 27.2. The van der Waals surface area contributed by atoms with Gasteiger partial charge in [-0.2, -0.15) is 0 Å². The van der Waals surface area contributed by atoms with Crippen molar-refractivity contribution < 1.29 is 46.1 Å². The number of hydrogen-bond acceptors (Lipinski definition) is 0. The van der Waals surface area contributed by atoms with Crippen LogP contribution in [0.4, 0.5) is 0 Å². The summed E-state index contributed by atoms with van der Waals surface area (Å²) in [6.07, 6.45) is 10.6. The van der Waals surface area contributed by atoms with Gasteiger partial charge >= 0.3 is 368 Å². The molecule has 6 aromatic carbocycles. The summed E-state index contributed by atoms with van der Waals surface area (Å²) in [7, 11) is 0. The standard InChI is InChI=1S/C29H41.C21H12Cl2.C5H5.2ClH.Zr/c1-26(2,3)22-14-18-13-19-15-23(27(4,5)6)25(29(10,11)12)17-21(19)20(18)16-24(22)28(7,8)9;22-20-11-3-7-16-14(5-1-9-18(16)20)13-15-6-2-10-19-17(15)8-4-12-21(19)23;1-2-4-5-3-1;;;/h14,16-17H,13H2,1-12H3;1-12H;1-5H;2*1H;/q;;;;;+2/p-2. The molecule has 0 aliphatic heterocycles. The van der Waals surface area contributed by atoms with Crippen molar-refractivity contribution in [1.29, 1.82) is 0 Å². The molecule has 0 fully saturated rings. The molecule has 2 aliphatic rings. The largest absolute Gasteiger partial charge is 1.00 e. The van der Waals surface area contributed by atoms with Crippen LogP contribution < -0.4 is 28.1 Å². The fourth-order valence-electron chi connectivity index (χ4n) is 9.79. The van der Waals surface area contributed by atoms with Crippen LogP contribution in [-0.4, -0.2) is 3.21 Å². The monoisotopic (exact) mass is 948 g/mol. The molecule has 0 saturated heterocycles. The Morgan fingerprint density at radius 3 is 1.42 bits per heavy atom. The number of rotatable bonds is 4. The second-order valence-corrected chi connectivity index (χ2v) is 27.7. The molecule has 0 bridgehead atoms. The molecular weight excluding hydrogens is 894 g/mol. The summed E-state index contributed by atoms with van der Waals surface area (Å²) in [6.45, 7) is 28.9. The Hall–Kier alpha value is -2.77. The van der Waals surface area contributed by atoms with Crippen LogP contribution in [0.2, 0.25) is 13.7 Å². The summed E-state index contributed by atoms with van der Waals surface area (Å²) in [5.41, 5.74) is 14.3. The van der Waals surface area contributed by atoms with Crippen molar-refractivity contribution in [3.05, 3.63) is 170 Å². The third kappa shape index (κ3) is 8.26. The SMILES string of the molecule is CC(C)(C)c1cc2c(cc1C(C)(C)C)-c1cc(C(C)(C)C)c(C(C)(C)C)[c]([Zr+2](=[C](c3cccc4c(Cl)cccc34)c3cccc4c(Cl)cccc34)[CH]3C=CC=C3)c1C2.[Cl-].[Cl-]. The summed E-state index contributed by atoms with van der Waals surface area (Å²) < 4.78 is 3.47. The number of halogens is 4. The first kappa shape index (κ1) is 46.7. The van der Waals surface area contributed by atoms with Crippen molar-refractivity contribution in [2.45, 2.75) is 115 Å². The molecule has 0 amide bonds. The summed E-state index contributed by atoms with van der Waals surface area (Å²) in [6, 6.07) is 34.3. The van der Waals surface area contributed by atoms with Crippen LogP contribution in [0.15, 0.2) is 115 Å². The third-order valence-corrected chi connectivity index (χ3v) is 21.0. The molecular formula is C55H58Cl4Zr. The maximum Gasteiger partial charge on any atom is -1.00 e. The minimum absolute atomic E-state index is 0. The predicted molar refractivity (Wildman–Crippen MR) is 252 cm³/mol. The number of allylic oxidation sites excluding steroid dienone is 4. The molecule has 310 valence electrons. The van der Waals surface area contributed by atoms with Gasteiger partial charge in [0.15, 0.2) is 0 Å². The van der Waals surface area contributed by atoms with E-state index in [0.29, 0.717) is 3.63 Å². The quantitative estimate of drug-likeness (QED) is 0.165. The van der Waals surface area contributed by atoms with Crippen LogP contribution in [-0.2, 0) is 49.3 Å². The number of benzene rings is 6. The second-order valence-electron chi connectivity index (χ2n) is 20.8. The minimum atomic E-state index is -3.26. The zero-order chi connectivity index (χ0) is 41.7. The van der Waals surface area contributed by atoms with Crippen LogP contribution in [0, 0.1) is 0 Å². The van der Waals surface area contributed by atoms with Crippen molar-refractivity contribution >= 4 is 51.2 Å².